The maximum absolute atomic E-state index is 12.0. The van der Waals surface area contributed by atoms with Gasteiger partial charge in [0.1, 0.15) is 0 Å². The molecule has 1 amide bonds. The van der Waals surface area contributed by atoms with Crippen LogP contribution in [0.2, 0.25) is 0 Å². The second-order valence-corrected chi connectivity index (χ2v) is 4.97. The minimum Gasteiger partial charge on any atom is -0.367 e. The zero-order valence-corrected chi connectivity index (χ0v) is 11.8. The van der Waals surface area contributed by atoms with Gasteiger partial charge in [-0.2, -0.15) is 0 Å². The lowest BCUT2D eigenvalue weighted by Crippen LogP contribution is -2.46. The molecule has 1 aromatic carbocycles. The standard InChI is InChI=1S/C15H18N4O/c1-10-5-4-6-12(9-10)19-15(3,14(16)20)13-11(2)17-7-8-18-13/h4-9,19H,1-3H3,(H2,16,20). The van der Waals surface area contributed by atoms with E-state index >= 15 is 0 Å². The van der Waals surface area contributed by atoms with Crippen molar-refractivity contribution in [3.63, 3.8) is 0 Å². The summed E-state index contributed by atoms with van der Waals surface area (Å²) >= 11 is 0. The molecule has 1 unspecified atom stereocenters. The van der Waals surface area contributed by atoms with Crippen LogP contribution in [0.15, 0.2) is 36.7 Å². The highest BCUT2D eigenvalue weighted by Crippen LogP contribution is 2.26. The summed E-state index contributed by atoms with van der Waals surface area (Å²) in [5.74, 6) is -0.498. The summed E-state index contributed by atoms with van der Waals surface area (Å²) in [6.45, 7) is 5.51. The van der Waals surface area contributed by atoms with Gasteiger partial charge >= 0.3 is 0 Å². The number of hydrogen-bond acceptors (Lipinski definition) is 4. The molecule has 0 bridgehead atoms. The van der Waals surface area contributed by atoms with Crippen LogP contribution >= 0.6 is 0 Å². The highest BCUT2D eigenvalue weighted by Gasteiger charge is 2.36. The Morgan fingerprint density at radius 2 is 1.95 bits per heavy atom. The number of carbonyl (C=O) groups is 1. The number of rotatable bonds is 4. The lowest BCUT2D eigenvalue weighted by molar-refractivity contribution is -0.122. The first-order chi connectivity index (χ1) is 9.43. The van der Waals surface area contributed by atoms with Crippen LogP contribution in [0.5, 0.6) is 0 Å². The smallest absolute Gasteiger partial charge is 0.249 e. The van der Waals surface area contributed by atoms with Crippen molar-refractivity contribution in [2.24, 2.45) is 5.73 Å². The molecule has 0 saturated carbocycles. The number of amides is 1. The fourth-order valence-corrected chi connectivity index (χ4v) is 2.15. The van der Waals surface area contributed by atoms with Crippen molar-refractivity contribution < 1.29 is 4.79 Å². The largest absolute Gasteiger partial charge is 0.367 e. The molecule has 2 rings (SSSR count). The number of anilines is 1. The third-order valence-corrected chi connectivity index (χ3v) is 3.26. The van der Waals surface area contributed by atoms with Gasteiger partial charge in [0.2, 0.25) is 5.91 Å². The molecule has 104 valence electrons. The van der Waals surface area contributed by atoms with E-state index in [0.717, 1.165) is 11.3 Å². The van der Waals surface area contributed by atoms with E-state index in [2.05, 4.69) is 15.3 Å². The molecular formula is C15H18N4O. The molecule has 0 aliphatic carbocycles. The van der Waals surface area contributed by atoms with Crippen LogP contribution in [-0.2, 0) is 10.3 Å². The number of carbonyl (C=O) groups excluding carboxylic acids is 1. The first-order valence-electron chi connectivity index (χ1n) is 6.36. The highest BCUT2D eigenvalue weighted by molar-refractivity contribution is 5.88. The van der Waals surface area contributed by atoms with Crippen LogP contribution < -0.4 is 11.1 Å². The molecule has 0 spiro atoms. The predicted octanol–water partition coefficient (Wildman–Crippen LogP) is 1.91. The molecule has 0 radical (unpaired) electrons. The maximum atomic E-state index is 12.0. The average Bonchev–Trinajstić information content (AvgIpc) is 2.38. The number of nitrogens with one attached hydrogen (secondary N) is 1. The molecule has 1 heterocycles. The Morgan fingerprint density at radius 3 is 2.55 bits per heavy atom. The molecular weight excluding hydrogens is 252 g/mol. The number of primary amides is 1. The number of aromatic nitrogens is 2. The van der Waals surface area contributed by atoms with Gasteiger partial charge in [-0.05, 0) is 38.5 Å². The van der Waals surface area contributed by atoms with E-state index in [1.165, 1.54) is 0 Å². The van der Waals surface area contributed by atoms with Gasteiger partial charge in [-0.15, -0.1) is 0 Å². The summed E-state index contributed by atoms with van der Waals surface area (Å²) in [6.07, 6.45) is 3.15. The van der Waals surface area contributed by atoms with E-state index in [1.807, 2.05) is 31.2 Å². The summed E-state index contributed by atoms with van der Waals surface area (Å²) in [5, 5.41) is 3.18. The molecule has 0 aliphatic heterocycles. The van der Waals surface area contributed by atoms with E-state index in [4.69, 9.17) is 5.73 Å². The molecule has 5 heteroatoms. The molecule has 1 atom stereocenters. The van der Waals surface area contributed by atoms with Crippen LogP contribution in [0.1, 0.15) is 23.9 Å². The van der Waals surface area contributed by atoms with Gasteiger partial charge in [-0.3, -0.25) is 14.8 Å². The van der Waals surface area contributed by atoms with Crippen LogP contribution in [0, 0.1) is 13.8 Å². The van der Waals surface area contributed by atoms with E-state index in [9.17, 15) is 4.79 Å². The van der Waals surface area contributed by atoms with Crippen molar-refractivity contribution in [3.05, 3.63) is 53.6 Å². The Balaban J connectivity index is 2.46. The summed E-state index contributed by atoms with van der Waals surface area (Å²) in [4.78, 5) is 20.4. The molecule has 5 nitrogen and oxygen atoms in total. The third kappa shape index (κ3) is 2.61. The SMILES string of the molecule is Cc1cccc(NC(C)(C(N)=O)c2nccnc2C)c1. The molecule has 20 heavy (non-hydrogen) atoms. The Labute approximate surface area is 118 Å². The van der Waals surface area contributed by atoms with Crippen molar-refractivity contribution in [2.75, 3.05) is 5.32 Å². The van der Waals surface area contributed by atoms with Crippen molar-refractivity contribution in [3.8, 4) is 0 Å². The molecule has 0 fully saturated rings. The van der Waals surface area contributed by atoms with Gasteiger partial charge in [0.05, 0.1) is 11.4 Å². The Hall–Kier alpha value is -2.43. The fraction of sp³-hybridized carbons (Fsp3) is 0.267. The van der Waals surface area contributed by atoms with Crippen molar-refractivity contribution in [1.82, 2.24) is 9.97 Å². The molecule has 3 N–H and O–H groups in total. The van der Waals surface area contributed by atoms with Crippen LogP contribution in [0.3, 0.4) is 0 Å². The lowest BCUT2D eigenvalue weighted by atomic mass is 9.94. The normalized spacial score (nSPS) is 13.6. The first kappa shape index (κ1) is 14.0. The molecule has 0 aliphatic rings. The van der Waals surface area contributed by atoms with Gasteiger partial charge in [-0.1, -0.05) is 12.1 Å². The number of nitrogens with two attached hydrogens (primary N) is 1. The summed E-state index contributed by atoms with van der Waals surface area (Å²) < 4.78 is 0. The summed E-state index contributed by atoms with van der Waals surface area (Å²) in [5.41, 5.74) is 7.61. The second-order valence-electron chi connectivity index (χ2n) is 4.97. The maximum Gasteiger partial charge on any atom is 0.249 e. The Morgan fingerprint density at radius 1 is 1.25 bits per heavy atom. The van der Waals surface area contributed by atoms with Gasteiger partial charge < -0.3 is 11.1 Å². The topological polar surface area (TPSA) is 80.9 Å². The zero-order chi connectivity index (χ0) is 14.8. The number of benzene rings is 1. The van der Waals surface area contributed by atoms with Crippen LogP contribution in [0.25, 0.3) is 0 Å². The van der Waals surface area contributed by atoms with E-state index in [1.54, 1.807) is 26.2 Å². The van der Waals surface area contributed by atoms with Crippen molar-refractivity contribution in [1.29, 1.82) is 0 Å². The third-order valence-electron chi connectivity index (χ3n) is 3.26. The van der Waals surface area contributed by atoms with Crippen LogP contribution in [0.4, 0.5) is 5.69 Å². The predicted molar refractivity (Wildman–Crippen MR) is 78.1 cm³/mol. The second kappa shape index (κ2) is 5.28. The van der Waals surface area contributed by atoms with Gasteiger partial charge in [0.25, 0.3) is 0 Å². The fourth-order valence-electron chi connectivity index (χ4n) is 2.15. The minimum absolute atomic E-state index is 0.498. The summed E-state index contributed by atoms with van der Waals surface area (Å²) in [7, 11) is 0. The van der Waals surface area contributed by atoms with Gasteiger partial charge in [0.15, 0.2) is 5.54 Å². The number of aryl methyl sites for hydroxylation is 2. The molecule has 0 saturated heterocycles. The monoisotopic (exact) mass is 270 g/mol. The van der Waals surface area contributed by atoms with Crippen molar-refractivity contribution in [2.45, 2.75) is 26.3 Å². The van der Waals surface area contributed by atoms with Crippen molar-refractivity contribution >= 4 is 11.6 Å². The van der Waals surface area contributed by atoms with Gasteiger partial charge in [0, 0.05) is 18.1 Å². The Kier molecular flexibility index (Phi) is 3.70. The van der Waals surface area contributed by atoms with Crippen LogP contribution in [-0.4, -0.2) is 15.9 Å². The van der Waals surface area contributed by atoms with Gasteiger partial charge in [-0.25, -0.2) is 0 Å². The number of hydrogen-bond donors (Lipinski definition) is 2. The lowest BCUT2D eigenvalue weighted by Gasteiger charge is -2.29. The quantitative estimate of drug-likeness (QED) is 0.889. The molecule has 1 aromatic heterocycles. The number of nitrogens with zero attached hydrogens (tertiary/aromatic N) is 2. The van der Waals surface area contributed by atoms with E-state index in [-0.39, 0.29) is 0 Å². The van der Waals surface area contributed by atoms with E-state index < -0.39 is 11.4 Å². The molecule has 2 aromatic rings. The first-order valence-corrected chi connectivity index (χ1v) is 6.36. The highest BCUT2D eigenvalue weighted by atomic mass is 16.1. The average molecular weight is 270 g/mol. The Bertz CT molecular complexity index is 641. The minimum atomic E-state index is -1.11. The zero-order valence-electron chi connectivity index (χ0n) is 11.8. The van der Waals surface area contributed by atoms with E-state index in [0.29, 0.717) is 11.4 Å². The summed E-state index contributed by atoms with van der Waals surface area (Å²) in [6, 6.07) is 7.75.